The van der Waals surface area contributed by atoms with Gasteiger partial charge in [-0.05, 0) is 57.6 Å². The van der Waals surface area contributed by atoms with Crippen molar-refractivity contribution in [3.8, 4) is 11.1 Å². The van der Waals surface area contributed by atoms with E-state index >= 15 is 0 Å². The number of fused-ring (bicyclic) bond motifs is 1. The van der Waals surface area contributed by atoms with Crippen LogP contribution in [0.25, 0.3) is 21.2 Å². The molecule has 0 fully saturated rings. The lowest BCUT2D eigenvalue weighted by atomic mass is 10.0. The maximum atomic E-state index is 5.87. The average Bonchev–Trinajstić information content (AvgIpc) is 2.78. The van der Waals surface area contributed by atoms with E-state index in [1.165, 1.54) is 21.2 Å². The first-order valence-corrected chi connectivity index (χ1v) is 7.36. The third-order valence-corrected chi connectivity index (χ3v) is 5.08. The maximum Gasteiger partial charge on any atom is 0.0491 e. The van der Waals surface area contributed by atoms with Gasteiger partial charge in [0.1, 0.15) is 0 Å². The molecule has 90 valence electrons. The van der Waals surface area contributed by atoms with Crippen molar-refractivity contribution >= 4 is 43.0 Å². The first-order valence-electron chi connectivity index (χ1n) is 5.69. The SMILES string of the molecule is Cc1cc(-c2csc3c(Br)cccc23)ccc1N. The van der Waals surface area contributed by atoms with Gasteiger partial charge in [0.25, 0.3) is 0 Å². The van der Waals surface area contributed by atoms with E-state index in [0.717, 1.165) is 15.7 Å². The summed E-state index contributed by atoms with van der Waals surface area (Å²) >= 11 is 5.37. The van der Waals surface area contributed by atoms with Crippen LogP contribution in [0.3, 0.4) is 0 Å². The van der Waals surface area contributed by atoms with Crippen molar-refractivity contribution in [1.29, 1.82) is 0 Å². The Kier molecular flexibility index (Phi) is 2.88. The van der Waals surface area contributed by atoms with Crippen LogP contribution in [0.1, 0.15) is 5.56 Å². The van der Waals surface area contributed by atoms with Gasteiger partial charge in [-0.3, -0.25) is 0 Å². The summed E-state index contributed by atoms with van der Waals surface area (Å²) in [6, 6.07) is 12.5. The van der Waals surface area contributed by atoms with Gasteiger partial charge in [-0.25, -0.2) is 0 Å². The summed E-state index contributed by atoms with van der Waals surface area (Å²) in [6.45, 7) is 2.04. The third-order valence-electron chi connectivity index (χ3n) is 3.13. The molecule has 18 heavy (non-hydrogen) atoms. The van der Waals surface area contributed by atoms with Crippen molar-refractivity contribution in [1.82, 2.24) is 0 Å². The normalized spacial score (nSPS) is 11.0. The predicted octanol–water partition coefficient (Wildman–Crippen LogP) is 5.22. The van der Waals surface area contributed by atoms with E-state index in [1.54, 1.807) is 11.3 Å². The molecule has 0 radical (unpaired) electrons. The minimum atomic E-state index is 0.847. The second-order valence-electron chi connectivity index (χ2n) is 4.34. The van der Waals surface area contributed by atoms with Gasteiger partial charge in [0, 0.05) is 25.8 Å². The standard InChI is InChI=1S/C15H12BrNS/c1-9-7-10(5-6-14(9)17)12-8-18-15-11(12)3-2-4-13(15)16/h2-8H,17H2,1H3. The highest BCUT2D eigenvalue weighted by Crippen LogP contribution is 2.38. The lowest BCUT2D eigenvalue weighted by Gasteiger charge is -2.04. The van der Waals surface area contributed by atoms with Gasteiger partial charge >= 0.3 is 0 Å². The average molecular weight is 318 g/mol. The molecule has 0 amide bonds. The van der Waals surface area contributed by atoms with Gasteiger partial charge in [0.05, 0.1) is 0 Å². The minimum Gasteiger partial charge on any atom is -0.399 e. The van der Waals surface area contributed by atoms with Crippen LogP contribution in [0.5, 0.6) is 0 Å². The Morgan fingerprint density at radius 2 is 2.00 bits per heavy atom. The van der Waals surface area contributed by atoms with Gasteiger partial charge < -0.3 is 5.73 Å². The van der Waals surface area contributed by atoms with Crippen molar-refractivity contribution < 1.29 is 0 Å². The van der Waals surface area contributed by atoms with Crippen molar-refractivity contribution in [2.45, 2.75) is 6.92 Å². The van der Waals surface area contributed by atoms with Gasteiger partial charge in [-0.15, -0.1) is 11.3 Å². The Labute approximate surface area is 118 Å². The smallest absolute Gasteiger partial charge is 0.0491 e. The quantitative estimate of drug-likeness (QED) is 0.612. The summed E-state index contributed by atoms with van der Waals surface area (Å²) in [7, 11) is 0. The summed E-state index contributed by atoms with van der Waals surface area (Å²) < 4.78 is 2.45. The molecule has 0 spiro atoms. The van der Waals surface area contributed by atoms with Crippen LogP contribution in [0.2, 0.25) is 0 Å². The van der Waals surface area contributed by atoms with E-state index in [1.807, 2.05) is 13.0 Å². The van der Waals surface area contributed by atoms with E-state index in [4.69, 9.17) is 5.73 Å². The van der Waals surface area contributed by atoms with Crippen molar-refractivity contribution in [3.63, 3.8) is 0 Å². The zero-order valence-corrected chi connectivity index (χ0v) is 12.3. The molecule has 0 saturated heterocycles. The van der Waals surface area contributed by atoms with Crippen LogP contribution >= 0.6 is 27.3 Å². The van der Waals surface area contributed by atoms with E-state index < -0.39 is 0 Å². The molecule has 2 N–H and O–H groups in total. The van der Waals surface area contributed by atoms with Crippen LogP contribution in [0.4, 0.5) is 5.69 Å². The number of aryl methyl sites for hydroxylation is 1. The molecular weight excluding hydrogens is 306 g/mol. The molecular formula is C15H12BrNS. The maximum absolute atomic E-state index is 5.87. The fourth-order valence-corrected chi connectivity index (χ4v) is 3.72. The lowest BCUT2D eigenvalue weighted by molar-refractivity contribution is 1.47. The van der Waals surface area contributed by atoms with Crippen LogP contribution in [-0.2, 0) is 0 Å². The highest BCUT2D eigenvalue weighted by atomic mass is 79.9. The van der Waals surface area contributed by atoms with Crippen molar-refractivity contribution in [2.75, 3.05) is 5.73 Å². The Morgan fingerprint density at radius 1 is 1.17 bits per heavy atom. The van der Waals surface area contributed by atoms with Crippen LogP contribution in [0.15, 0.2) is 46.3 Å². The number of rotatable bonds is 1. The number of thiophene rings is 1. The van der Waals surface area contributed by atoms with Crippen LogP contribution in [0, 0.1) is 6.92 Å². The number of halogens is 1. The molecule has 3 rings (SSSR count). The summed E-state index contributed by atoms with van der Waals surface area (Å²) in [5.74, 6) is 0. The molecule has 3 aromatic rings. The highest BCUT2D eigenvalue weighted by Gasteiger charge is 2.09. The Bertz CT molecular complexity index is 730. The zero-order chi connectivity index (χ0) is 12.7. The molecule has 0 aliphatic heterocycles. The van der Waals surface area contributed by atoms with E-state index in [2.05, 4.69) is 51.6 Å². The zero-order valence-electron chi connectivity index (χ0n) is 9.91. The molecule has 0 saturated carbocycles. The molecule has 0 unspecified atom stereocenters. The molecule has 2 aromatic carbocycles. The van der Waals surface area contributed by atoms with Crippen LogP contribution < -0.4 is 5.73 Å². The minimum absolute atomic E-state index is 0.847. The lowest BCUT2D eigenvalue weighted by Crippen LogP contribution is -1.89. The molecule has 3 heteroatoms. The van der Waals surface area contributed by atoms with Gasteiger partial charge in [-0.1, -0.05) is 18.2 Å². The van der Waals surface area contributed by atoms with Gasteiger partial charge in [0.15, 0.2) is 0 Å². The summed E-state index contributed by atoms with van der Waals surface area (Å²) in [6.07, 6.45) is 0. The fourth-order valence-electron chi connectivity index (χ4n) is 2.09. The molecule has 1 heterocycles. The van der Waals surface area contributed by atoms with E-state index in [-0.39, 0.29) is 0 Å². The summed E-state index contributed by atoms with van der Waals surface area (Å²) in [4.78, 5) is 0. The van der Waals surface area contributed by atoms with E-state index in [0.29, 0.717) is 0 Å². The number of hydrogen-bond acceptors (Lipinski definition) is 2. The molecule has 0 atom stereocenters. The number of nitrogens with two attached hydrogens (primary N) is 1. The summed E-state index contributed by atoms with van der Waals surface area (Å²) in [5, 5.41) is 3.50. The largest absolute Gasteiger partial charge is 0.399 e. The second-order valence-corrected chi connectivity index (χ2v) is 6.07. The monoisotopic (exact) mass is 317 g/mol. The topological polar surface area (TPSA) is 26.0 Å². The van der Waals surface area contributed by atoms with Crippen molar-refractivity contribution in [3.05, 3.63) is 51.8 Å². The number of benzene rings is 2. The number of nitrogen functional groups attached to an aromatic ring is 1. The Morgan fingerprint density at radius 3 is 2.78 bits per heavy atom. The number of anilines is 1. The van der Waals surface area contributed by atoms with Crippen molar-refractivity contribution in [2.24, 2.45) is 0 Å². The third kappa shape index (κ3) is 1.84. The molecule has 0 aliphatic carbocycles. The molecule has 1 aromatic heterocycles. The Balaban J connectivity index is 2.25. The van der Waals surface area contributed by atoms with Gasteiger partial charge in [-0.2, -0.15) is 0 Å². The first-order chi connectivity index (χ1) is 8.66. The summed E-state index contributed by atoms with van der Waals surface area (Å²) in [5.41, 5.74) is 10.4. The second kappa shape index (κ2) is 4.41. The fraction of sp³-hybridized carbons (Fsp3) is 0.0667. The van der Waals surface area contributed by atoms with E-state index in [9.17, 15) is 0 Å². The highest BCUT2D eigenvalue weighted by molar-refractivity contribution is 9.10. The molecule has 1 nitrogen and oxygen atoms in total. The van der Waals surface area contributed by atoms with Crippen LogP contribution in [-0.4, -0.2) is 0 Å². The first kappa shape index (κ1) is 11.8. The Hall–Kier alpha value is -1.32. The molecule has 0 bridgehead atoms. The number of hydrogen-bond donors (Lipinski definition) is 1. The van der Waals surface area contributed by atoms with Gasteiger partial charge in [0.2, 0.25) is 0 Å². The predicted molar refractivity (Wildman–Crippen MR) is 84.1 cm³/mol. The molecule has 0 aliphatic rings.